The zero-order chi connectivity index (χ0) is 21.8. The van der Waals surface area contributed by atoms with E-state index in [1.165, 1.54) is 31.2 Å². The van der Waals surface area contributed by atoms with Gasteiger partial charge in [-0.05, 0) is 57.7 Å². The van der Waals surface area contributed by atoms with Gasteiger partial charge >= 0.3 is 6.09 Å². The highest BCUT2D eigenvalue weighted by atomic mass is 127. The molecule has 0 bridgehead atoms. The number of amides is 1. The number of nitrogens with one attached hydrogen (secondary N) is 3. The first-order chi connectivity index (χ1) is 14.4. The van der Waals surface area contributed by atoms with Crippen LogP contribution in [0.4, 0.5) is 10.6 Å². The molecule has 1 saturated heterocycles. The lowest BCUT2D eigenvalue weighted by Gasteiger charge is -2.22. The Morgan fingerprint density at radius 1 is 1.13 bits per heavy atom. The number of pyridine rings is 1. The van der Waals surface area contributed by atoms with E-state index in [0.29, 0.717) is 19.6 Å². The van der Waals surface area contributed by atoms with Crippen LogP contribution < -0.4 is 20.9 Å². The molecule has 2 rings (SSSR count). The number of carbonyl (C=O) groups is 1. The highest BCUT2D eigenvalue weighted by Gasteiger charge is 2.15. The molecule has 0 spiro atoms. The van der Waals surface area contributed by atoms with E-state index >= 15 is 0 Å². The lowest BCUT2D eigenvalue weighted by atomic mass is 10.2. The van der Waals surface area contributed by atoms with Gasteiger partial charge in [-0.3, -0.25) is 4.99 Å². The molecule has 1 aromatic rings. The van der Waals surface area contributed by atoms with Gasteiger partial charge in [0.1, 0.15) is 11.4 Å². The number of anilines is 1. The van der Waals surface area contributed by atoms with E-state index in [4.69, 9.17) is 4.74 Å². The van der Waals surface area contributed by atoms with Crippen LogP contribution in [0.15, 0.2) is 23.3 Å². The van der Waals surface area contributed by atoms with Crippen LogP contribution in [0.1, 0.15) is 58.4 Å². The Balaban J connectivity index is 0.00000480. The average molecular weight is 546 g/mol. The number of hydrogen-bond acceptors (Lipinski definition) is 5. The second kappa shape index (κ2) is 14.3. The summed E-state index contributed by atoms with van der Waals surface area (Å²) in [7, 11) is 1.75. The fourth-order valence-electron chi connectivity index (χ4n) is 3.25. The first kappa shape index (κ1) is 27.3. The lowest BCUT2D eigenvalue weighted by Crippen LogP contribution is -2.39. The maximum Gasteiger partial charge on any atom is 0.407 e. The topological polar surface area (TPSA) is 90.9 Å². The quantitative estimate of drug-likeness (QED) is 0.209. The van der Waals surface area contributed by atoms with Crippen molar-refractivity contribution in [3.8, 4) is 0 Å². The van der Waals surface area contributed by atoms with Crippen molar-refractivity contribution in [2.75, 3.05) is 38.1 Å². The van der Waals surface area contributed by atoms with Crippen molar-refractivity contribution in [3.63, 3.8) is 0 Å². The number of nitrogens with zero attached hydrogens (tertiary/aromatic N) is 3. The summed E-state index contributed by atoms with van der Waals surface area (Å²) < 4.78 is 5.22. The summed E-state index contributed by atoms with van der Waals surface area (Å²) in [5.41, 5.74) is 0.702. The van der Waals surface area contributed by atoms with Crippen LogP contribution in [0.5, 0.6) is 0 Å². The van der Waals surface area contributed by atoms with E-state index in [-0.39, 0.29) is 30.1 Å². The standard InChI is InChI=1S/C22H38N6O2.HI/c1-22(2,3)30-21(29)26-12-9-11-25-20(23-4)27-17-18-10-13-24-19(16-18)28-14-7-5-6-8-15-28;/h10,13,16H,5-9,11-12,14-15,17H2,1-4H3,(H,26,29)(H2,23,25,27);1H. The second-order valence-corrected chi connectivity index (χ2v) is 8.56. The normalized spacial score (nSPS) is 14.8. The first-order valence-corrected chi connectivity index (χ1v) is 11.0. The molecule has 0 aromatic carbocycles. The molecular formula is C22H39IN6O2. The van der Waals surface area contributed by atoms with Crippen LogP contribution >= 0.6 is 24.0 Å². The predicted molar refractivity (Wildman–Crippen MR) is 137 cm³/mol. The van der Waals surface area contributed by atoms with E-state index in [0.717, 1.165) is 31.3 Å². The van der Waals surface area contributed by atoms with Gasteiger partial charge in [-0.25, -0.2) is 9.78 Å². The van der Waals surface area contributed by atoms with Crippen LogP contribution in [-0.4, -0.2) is 55.9 Å². The molecule has 2 heterocycles. The third-order valence-corrected chi connectivity index (χ3v) is 4.74. The van der Waals surface area contributed by atoms with Crippen molar-refractivity contribution in [1.29, 1.82) is 0 Å². The number of alkyl carbamates (subject to hydrolysis) is 1. The predicted octanol–water partition coefficient (Wildman–Crippen LogP) is 3.66. The third kappa shape index (κ3) is 11.4. The van der Waals surface area contributed by atoms with Crippen LogP contribution in [0, 0.1) is 0 Å². The van der Waals surface area contributed by atoms with Crippen molar-refractivity contribution >= 4 is 41.8 Å². The molecule has 1 amide bonds. The van der Waals surface area contributed by atoms with Gasteiger partial charge in [-0.2, -0.15) is 0 Å². The number of hydrogen-bond donors (Lipinski definition) is 3. The molecule has 0 aliphatic carbocycles. The Bertz CT molecular complexity index is 685. The molecule has 9 heteroatoms. The van der Waals surface area contributed by atoms with E-state index in [2.05, 4.69) is 36.9 Å². The van der Waals surface area contributed by atoms with Crippen molar-refractivity contribution in [2.24, 2.45) is 4.99 Å². The summed E-state index contributed by atoms with van der Waals surface area (Å²) in [4.78, 5) is 22.9. The van der Waals surface area contributed by atoms with Crippen molar-refractivity contribution < 1.29 is 9.53 Å². The molecule has 1 fully saturated rings. The molecule has 0 saturated carbocycles. The van der Waals surface area contributed by atoms with Gasteiger partial charge in [0.05, 0.1) is 0 Å². The Morgan fingerprint density at radius 2 is 1.81 bits per heavy atom. The van der Waals surface area contributed by atoms with Gasteiger partial charge in [-0.15, -0.1) is 24.0 Å². The van der Waals surface area contributed by atoms with Crippen LogP contribution in [0.2, 0.25) is 0 Å². The summed E-state index contributed by atoms with van der Waals surface area (Å²) in [6.45, 7) is 9.65. The second-order valence-electron chi connectivity index (χ2n) is 8.56. The molecule has 176 valence electrons. The Kier molecular flexibility index (Phi) is 12.6. The first-order valence-electron chi connectivity index (χ1n) is 11.0. The summed E-state index contributed by atoms with van der Waals surface area (Å²) >= 11 is 0. The number of halogens is 1. The Labute approximate surface area is 204 Å². The number of carbonyl (C=O) groups excluding carboxylic acids is 1. The van der Waals surface area contributed by atoms with Crippen LogP contribution in [0.25, 0.3) is 0 Å². The average Bonchev–Trinajstić information content (AvgIpc) is 2.98. The minimum Gasteiger partial charge on any atom is -0.444 e. The van der Waals surface area contributed by atoms with Gasteiger partial charge < -0.3 is 25.6 Å². The minimum absolute atomic E-state index is 0. The molecule has 1 aliphatic rings. The van der Waals surface area contributed by atoms with Crippen molar-refractivity contribution in [1.82, 2.24) is 20.9 Å². The molecule has 1 aromatic heterocycles. The SMILES string of the molecule is CN=C(NCCCNC(=O)OC(C)(C)C)NCc1ccnc(N2CCCCCC2)c1.I. The fraction of sp³-hybridized carbons (Fsp3) is 0.682. The van der Waals surface area contributed by atoms with Crippen LogP contribution in [0.3, 0.4) is 0 Å². The maximum atomic E-state index is 11.6. The minimum atomic E-state index is -0.478. The van der Waals surface area contributed by atoms with Crippen molar-refractivity contribution in [2.45, 2.75) is 65.0 Å². The van der Waals surface area contributed by atoms with Gasteiger partial charge in [-0.1, -0.05) is 12.8 Å². The lowest BCUT2D eigenvalue weighted by molar-refractivity contribution is 0.0527. The van der Waals surface area contributed by atoms with Gasteiger partial charge in [0.25, 0.3) is 0 Å². The Morgan fingerprint density at radius 3 is 2.45 bits per heavy atom. The Hall–Kier alpha value is -1.78. The van der Waals surface area contributed by atoms with Gasteiger partial charge in [0, 0.05) is 46.0 Å². The van der Waals surface area contributed by atoms with Crippen molar-refractivity contribution in [3.05, 3.63) is 23.9 Å². The number of ether oxygens (including phenoxy) is 1. The fourth-order valence-corrected chi connectivity index (χ4v) is 3.25. The number of guanidine groups is 1. The third-order valence-electron chi connectivity index (χ3n) is 4.74. The molecule has 0 unspecified atom stereocenters. The van der Waals surface area contributed by atoms with E-state index in [9.17, 15) is 4.79 Å². The van der Waals surface area contributed by atoms with Gasteiger partial charge in [0.2, 0.25) is 0 Å². The molecule has 31 heavy (non-hydrogen) atoms. The summed E-state index contributed by atoms with van der Waals surface area (Å²) in [5, 5.41) is 9.37. The summed E-state index contributed by atoms with van der Waals surface area (Å²) in [6.07, 6.45) is 7.37. The summed E-state index contributed by atoms with van der Waals surface area (Å²) in [5.74, 6) is 1.80. The van der Waals surface area contributed by atoms with E-state index < -0.39 is 5.60 Å². The monoisotopic (exact) mass is 546 g/mol. The zero-order valence-corrected chi connectivity index (χ0v) is 21.7. The maximum absolute atomic E-state index is 11.6. The molecule has 1 aliphatic heterocycles. The highest BCUT2D eigenvalue weighted by molar-refractivity contribution is 14.0. The van der Waals surface area contributed by atoms with E-state index in [1.54, 1.807) is 7.05 Å². The molecule has 3 N–H and O–H groups in total. The molecular weight excluding hydrogens is 507 g/mol. The smallest absolute Gasteiger partial charge is 0.407 e. The number of aliphatic imine (C=N–C) groups is 1. The summed E-state index contributed by atoms with van der Waals surface area (Å²) in [6, 6.07) is 4.20. The number of rotatable bonds is 7. The molecule has 0 radical (unpaired) electrons. The largest absolute Gasteiger partial charge is 0.444 e. The van der Waals surface area contributed by atoms with Gasteiger partial charge in [0.15, 0.2) is 5.96 Å². The molecule has 0 atom stereocenters. The highest BCUT2D eigenvalue weighted by Crippen LogP contribution is 2.18. The molecule has 8 nitrogen and oxygen atoms in total. The van der Waals surface area contributed by atoms with Crippen LogP contribution in [-0.2, 0) is 11.3 Å². The zero-order valence-electron chi connectivity index (χ0n) is 19.4. The number of aromatic nitrogens is 1. The van der Waals surface area contributed by atoms with E-state index in [1.807, 2.05) is 33.0 Å².